The van der Waals surface area contributed by atoms with E-state index in [1.165, 1.54) is 10.9 Å². The predicted molar refractivity (Wildman–Crippen MR) is 158 cm³/mol. The number of fused-ring (bicyclic) bond motifs is 1. The number of halogens is 1. The van der Waals surface area contributed by atoms with Crippen molar-refractivity contribution >= 4 is 34.2 Å². The molecule has 200 valence electrons. The van der Waals surface area contributed by atoms with E-state index in [-0.39, 0.29) is 11.3 Å². The average Bonchev–Trinajstić information content (AvgIpc) is 3.47. The van der Waals surface area contributed by atoms with Crippen LogP contribution < -0.4 is 10.2 Å². The number of piperidine rings is 1. The molecule has 2 heterocycles. The fourth-order valence-electron chi connectivity index (χ4n) is 6.39. The van der Waals surface area contributed by atoms with Crippen LogP contribution in [-0.4, -0.2) is 29.0 Å². The van der Waals surface area contributed by atoms with Crippen molar-refractivity contribution in [2.24, 2.45) is 5.92 Å². The van der Waals surface area contributed by atoms with Gasteiger partial charge in [0.1, 0.15) is 0 Å². The maximum Gasteiger partial charge on any atom is 0.255 e. The van der Waals surface area contributed by atoms with Crippen LogP contribution in [0.25, 0.3) is 10.8 Å². The zero-order valence-electron chi connectivity index (χ0n) is 22.5. The Kier molecular flexibility index (Phi) is 7.26. The number of amides is 1. The maximum absolute atomic E-state index is 13.9. The number of benzene rings is 3. The van der Waals surface area contributed by atoms with Gasteiger partial charge in [-0.3, -0.25) is 4.79 Å². The van der Waals surface area contributed by atoms with Crippen molar-refractivity contribution in [3.63, 3.8) is 0 Å². The summed E-state index contributed by atoms with van der Waals surface area (Å²) < 4.78 is 0. The Morgan fingerprint density at radius 3 is 2.49 bits per heavy atom. The molecule has 39 heavy (non-hydrogen) atoms. The third-order valence-electron chi connectivity index (χ3n) is 8.71. The van der Waals surface area contributed by atoms with Crippen LogP contribution in [0.4, 0.5) is 5.95 Å². The van der Waals surface area contributed by atoms with E-state index in [0.717, 1.165) is 80.1 Å². The van der Waals surface area contributed by atoms with Crippen molar-refractivity contribution in [3.05, 3.63) is 100 Å². The van der Waals surface area contributed by atoms with Gasteiger partial charge in [-0.2, -0.15) is 0 Å². The minimum Gasteiger partial charge on any atom is -0.348 e. The van der Waals surface area contributed by atoms with E-state index in [1.54, 1.807) is 6.20 Å². The molecule has 1 aliphatic carbocycles. The summed E-state index contributed by atoms with van der Waals surface area (Å²) >= 11 is 6.27. The third-order valence-corrected chi connectivity index (χ3v) is 8.97. The summed E-state index contributed by atoms with van der Waals surface area (Å²) in [5.74, 6) is 1.33. The topological polar surface area (TPSA) is 58.1 Å². The molecule has 0 unspecified atom stereocenters. The number of hydrogen-bond donors (Lipinski definition) is 1. The molecule has 0 spiro atoms. The molecule has 2 fully saturated rings. The van der Waals surface area contributed by atoms with Crippen molar-refractivity contribution in [3.8, 4) is 0 Å². The highest BCUT2D eigenvalue weighted by Gasteiger charge is 2.42. The van der Waals surface area contributed by atoms with Crippen LogP contribution in [0.5, 0.6) is 0 Å². The van der Waals surface area contributed by atoms with E-state index < -0.39 is 0 Å². The fourth-order valence-corrected chi connectivity index (χ4v) is 6.52. The van der Waals surface area contributed by atoms with E-state index in [0.29, 0.717) is 17.1 Å². The summed E-state index contributed by atoms with van der Waals surface area (Å²) in [7, 11) is 0. The SMILES string of the molecule is CC1CCN(c2ncc(C(=O)NCc3cccc4ccccc34)c(C3(c4ccc(Cl)cc4)CCCC3)n2)CC1. The summed E-state index contributed by atoms with van der Waals surface area (Å²) in [4.78, 5) is 26.1. The highest BCUT2D eigenvalue weighted by atomic mass is 35.5. The molecule has 3 aromatic carbocycles. The van der Waals surface area contributed by atoms with E-state index in [2.05, 4.69) is 53.5 Å². The number of nitrogens with zero attached hydrogens (tertiary/aromatic N) is 3. The Labute approximate surface area is 235 Å². The molecule has 0 bridgehead atoms. The first kappa shape index (κ1) is 25.8. The molecular weight excluding hydrogens is 504 g/mol. The molecular formula is C33H35ClN4O. The number of anilines is 1. The molecule has 1 aliphatic heterocycles. The molecule has 5 nitrogen and oxygen atoms in total. The maximum atomic E-state index is 13.9. The van der Waals surface area contributed by atoms with Crippen LogP contribution in [0.1, 0.15) is 72.6 Å². The molecule has 6 heteroatoms. The van der Waals surface area contributed by atoms with Crippen LogP contribution in [-0.2, 0) is 12.0 Å². The Morgan fingerprint density at radius 1 is 1.00 bits per heavy atom. The second-order valence-corrected chi connectivity index (χ2v) is 11.7. The molecule has 0 atom stereocenters. The Bertz CT molecular complexity index is 1470. The number of aromatic nitrogens is 2. The van der Waals surface area contributed by atoms with Gasteiger partial charge < -0.3 is 10.2 Å². The van der Waals surface area contributed by atoms with Gasteiger partial charge in [-0.05, 0) is 65.6 Å². The van der Waals surface area contributed by atoms with Gasteiger partial charge in [-0.15, -0.1) is 0 Å². The number of hydrogen-bond acceptors (Lipinski definition) is 4. The normalized spacial score (nSPS) is 17.4. The van der Waals surface area contributed by atoms with Gasteiger partial charge in [-0.25, -0.2) is 9.97 Å². The second-order valence-electron chi connectivity index (χ2n) is 11.2. The molecule has 1 saturated heterocycles. The van der Waals surface area contributed by atoms with Gasteiger partial charge in [0.05, 0.1) is 11.3 Å². The van der Waals surface area contributed by atoms with Gasteiger partial charge in [0.25, 0.3) is 5.91 Å². The van der Waals surface area contributed by atoms with Crippen molar-refractivity contribution in [1.29, 1.82) is 0 Å². The standard InChI is InChI=1S/C33H35ClN4O/c1-23-15-19-38(20-16-23)32-36-22-29(31(39)35-21-25-9-6-8-24-7-2-3-10-28(24)25)30(37-32)33(17-4-5-18-33)26-11-13-27(34)14-12-26/h2-3,6-14,22-23H,4-5,15-21H2,1H3,(H,35,39). The smallest absolute Gasteiger partial charge is 0.255 e. The van der Waals surface area contributed by atoms with Gasteiger partial charge in [0, 0.05) is 36.3 Å². The quantitative estimate of drug-likeness (QED) is 0.279. The molecule has 1 amide bonds. The van der Waals surface area contributed by atoms with Crippen LogP contribution in [0.2, 0.25) is 5.02 Å². The lowest BCUT2D eigenvalue weighted by Gasteiger charge is -2.34. The highest BCUT2D eigenvalue weighted by molar-refractivity contribution is 6.30. The van der Waals surface area contributed by atoms with Crippen LogP contribution in [0, 0.1) is 5.92 Å². The summed E-state index contributed by atoms with van der Waals surface area (Å²) in [5.41, 5.74) is 3.35. The number of nitrogens with one attached hydrogen (secondary N) is 1. The molecule has 1 saturated carbocycles. The number of carbonyl (C=O) groups excluding carboxylic acids is 1. The summed E-state index contributed by atoms with van der Waals surface area (Å²) in [6.45, 7) is 4.64. The number of carbonyl (C=O) groups is 1. The van der Waals surface area contributed by atoms with Crippen LogP contribution >= 0.6 is 11.6 Å². The van der Waals surface area contributed by atoms with Gasteiger partial charge in [0.2, 0.25) is 5.95 Å². The monoisotopic (exact) mass is 538 g/mol. The Morgan fingerprint density at radius 2 is 1.72 bits per heavy atom. The molecule has 4 aromatic rings. The molecule has 1 N–H and O–H groups in total. The first-order valence-electron chi connectivity index (χ1n) is 14.2. The van der Waals surface area contributed by atoms with Gasteiger partial charge in [-0.1, -0.05) is 86.0 Å². The Balaban J connectivity index is 1.38. The van der Waals surface area contributed by atoms with Crippen molar-refractivity contribution in [2.75, 3.05) is 18.0 Å². The molecule has 1 aromatic heterocycles. The lowest BCUT2D eigenvalue weighted by molar-refractivity contribution is 0.0948. The van der Waals surface area contributed by atoms with Crippen LogP contribution in [0.3, 0.4) is 0 Å². The van der Waals surface area contributed by atoms with Gasteiger partial charge >= 0.3 is 0 Å². The van der Waals surface area contributed by atoms with Crippen molar-refractivity contribution < 1.29 is 4.79 Å². The predicted octanol–water partition coefficient (Wildman–Crippen LogP) is 7.31. The Hall–Kier alpha value is -3.44. The largest absolute Gasteiger partial charge is 0.348 e. The van der Waals surface area contributed by atoms with Crippen LogP contribution in [0.15, 0.2) is 72.9 Å². The average molecular weight is 539 g/mol. The fraction of sp³-hybridized carbons (Fsp3) is 0.364. The van der Waals surface area contributed by atoms with Gasteiger partial charge in [0.15, 0.2) is 0 Å². The number of rotatable bonds is 6. The zero-order valence-corrected chi connectivity index (χ0v) is 23.3. The molecule has 0 radical (unpaired) electrons. The first-order chi connectivity index (χ1) is 19.0. The van der Waals surface area contributed by atoms with E-state index >= 15 is 0 Å². The van der Waals surface area contributed by atoms with E-state index in [4.69, 9.17) is 21.6 Å². The second kappa shape index (κ2) is 11.0. The zero-order chi connectivity index (χ0) is 26.8. The van der Waals surface area contributed by atoms with E-state index in [1.807, 2.05) is 30.3 Å². The third kappa shape index (κ3) is 5.12. The molecule has 6 rings (SSSR count). The van der Waals surface area contributed by atoms with E-state index in [9.17, 15) is 4.79 Å². The van der Waals surface area contributed by atoms with Crippen molar-refractivity contribution in [2.45, 2.75) is 57.4 Å². The first-order valence-corrected chi connectivity index (χ1v) is 14.5. The summed E-state index contributed by atoms with van der Waals surface area (Å²) in [6, 6.07) is 22.6. The minimum absolute atomic E-state index is 0.128. The summed E-state index contributed by atoms with van der Waals surface area (Å²) in [5, 5.41) is 6.23. The highest BCUT2D eigenvalue weighted by Crippen LogP contribution is 2.47. The molecule has 2 aliphatic rings. The summed E-state index contributed by atoms with van der Waals surface area (Å²) in [6.07, 6.45) is 8.13. The minimum atomic E-state index is -0.336. The lowest BCUT2D eigenvalue weighted by Crippen LogP contribution is -2.37. The lowest BCUT2D eigenvalue weighted by atomic mass is 9.74. The van der Waals surface area contributed by atoms with Crippen molar-refractivity contribution in [1.82, 2.24) is 15.3 Å².